The summed E-state index contributed by atoms with van der Waals surface area (Å²) in [4.78, 5) is 26.4. The van der Waals surface area contributed by atoms with Gasteiger partial charge >= 0.3 is 0 Å². The molecule has 0 aliphatic carbocycles. The quantitative estimate of drug-likeness (QED) is 0.598. The Hall–Kier alpha value is -2.34. The zero-order chi connectivity index (χ0) is 17.3. The molecule has 0 saturated carbocycles. The third kappa shape index (κ3) is 3.14. The lowest BCUT2D eigenvalue weighted by molar-refractivity contribution is -0.385. The fraction of sp³-hybridized carbons (Fsp3) is 0.278. The maximum Gasteiger partial charge on any atom is 0.272 e. The van der Waals surface area contributed by atoms with Crippen molar-refractivity contribution in [3.8, 4) is 0 Å². The van der Waals surface area contributed by atoms with Crippen LogP contribution in [0.4, 0.5) is 11.4 Å². The largest absolute Gasteiger partial charge is 0.307 e. The first-order chi connectivity index (χ1) is 11.5. The third-order valence-corrected chi connectivity index (χ3v) is 5.37. The van der Waals surface area contributed by atoms with E-state index in [-0.39, 0.29) is 11.6 Å². The molecule has 5 nitrogen and oxygen atoms in total. The second-order valence-corrected chi connectivity index (χ2v) is 7.38. The molecule has 0 saturated heterocycles. The number of thioether (sulfide) groups is 1. The summed E-state index contributed by atoms with van der Waals surface area (Å²) in [7, 11) is 0. The SMILES string of the molecule is Cc1cc(C(=O)N2CC[C@@H](C)Sc3ccccc32)ccc1[N+](=O)[O-]. The highest BCUT2D eigenvalue weighted by Gasteiger charge is 2.25. The smallest absolute Gasteiger partial charge is 0.272 e. The molecule has 0 N–H and O–H groups in total. The number of carbonyl (C=O) groups is 1. The van der Waals surface area contributed by atoms with Crippen molar-refractivity contribution >= 4 is 29.0 Å². The number of aryl methyl sites for hydroxylation is 1. The minimum Gasteiger partial charge on any atom is -0.307 e. The maximum absolute atomic E-state index is 13.0. The maximum atomic E-state index is 13.0. The van der Waals surface area contributed by atoms with Crippen molar-refractivity contribution in [1.29, 1.82) is 0 Å². The number of fused-ring (bicyclic) bond motifs is 1. The number of amides is 1. The molecule has 124 valence electrons. The van der Waals surface area contributed by atoms with Crippen LogP contribution in [0.15, 0.2) is 47.4 Å². The number of rotatable bonds is 2. The highest BCUT2D eigenvalue weighted by Crippen LogP contribution is 2.38. The van der Waals surface area contributed by atoms with Crippen LogP contribution in [0.3, 0.4) is 0 Å². The van der Waals surface area contributed by atoms with Crippen molar-refractivity contribution < 1.29 is 9.72 Å². The molecule has 0 unspecified atom stereocenters. The van der Waals surface area contributed by atoms with Crippen LogP contribution in [-0.2, 0) is 0 Å². The molecule has 3 rings (SSSR count). The average molecular weight is 342 g/mol. The van der Waals surface area contributed by atoms with E-state index in [1.807, 2.05) is 24.3 Å². The summed E-state index contributed by atoms with van der Waals surface area (Å²) in [5.74, 6) is -0.116. The van der Waals surface area contributed by atoms with E-state index in [1.54, 1.807) is 29.7 Å². The van der Waals surface area contributed by atoms with E-state index in [2.05, 4.69) is 6.92 Å². The highest BCUT2D eigenvalue weighted by atomic mass is 32.2. The first-order valence-corrected chi connectivity index (χ1v) is 8.68. The average Bonchev–Trinajstić information content (AvgIpc) is 2.72. The normalized spacial score (nSPS) is 17.1. The summed E-state index contributed by atoms with van der Waals surface area (Å²) >= 11 is 1.78. The molecule has 0 spiro atoms. The third-order valence-electron chi connectivity index (χ3n) is 4.13. The summed E-state index contributed by atoms with van der Waals surface area (Å²) in [6, 6.07) is 12.4. The molecule has 2 aromatic rings. The van der Waals surface area contributed by atoms with Gasteiger partial charge in [-0.3, -0.25) is 14.9 Å². The van der Waals surface area contributed by atoms with Gasteiger partial charge in [-0.1, -0.05) is 19.1 Å². The van der Waals surface area contributed by atoms with Crippen molar-refractivity contribution in [2.75, 3.05) is 11.4 Å². The monoisotopic (exact) mass is 342 g/mol. The Labute approximate surface area is 144 Å². The molecule has 24 heavy (non-hydrogen) atoms. The number of anilines is 1. The van der Waals surface area contributed by atoms with Crippen LogP contribution in [0.25, 0.3) is 0 Å². The summed E-state index contributed by atoms with van der Waals surface area (Å²) in [6.07, 6.45) is 0.900. The van der Waals surface area contributed by atoms with Crippen LogP contribution in [0.2, 0.25) is 0 Å². The number of para-hydroxylation sites is 1. The number of nitro groups is 1. The Morgan fingerprint density at radius 3 is 2.75 bits per heavy atom. The van der Waals surface area contributed by atoms with Gasteiger partial charge < -0.3 is 4.90 Å². The summed E-state index contributed by atoms with van der Waals surface area (Å²) in [6.45, 7) is 4.45. The van der Waals surface area contributed by atoms with Gasteiger partial charge in [0, 0.05) is 33.9 Å². The minimum atomic E-state index is -0.427. The molecular weight excluding hydrogens is 324 g/mol. The lowest BCUT2D eigenvalue weighted by Crippen LogP contribution is -2.32. The van der Waals surface area contributed by atoms with Crippen molar-refractivity contribution in [2.24, 2.45) is 0 Å². The lowest BCUT2D eigenvalue weighted by Gasteiger charge is -2.22. The molecule has 1 aliphatic heterocycles. The number of benzene rings is 2. The number of nitro benzene ring substituents is 1. The molecule has 1 atom stereocenters. The molecule has 0 radical (unpaired) electrons. The molecule has 0 bridgehead atoms. The Kier molecular flexibility index (Phi) is 4.57. The fourth-order valence-corrected chi connectivity index (χ4v) is 3.96. The van der Waals surface area contributed by atoms with Gasteiger partial charge in [-0.25, -0.2) is 0 Å². The predicted molar refractivity (Wildman–Crippen MR) is 95.9 cm³/mol. The second-order valence-electron chi connectivity index (χ2n) is 5.90. The van der Waals surface area contributed by atoms with E-state index in [9.17, 15) is 14.9 Å². The van der Waals surface area contributed by atoms with E-state index in [0.29, 0.717) is 22.9 Å². The van der Waals surface area contributed by atoms with Gasteiger partial charge in [-0.2, -0.15) is 0 Å². The molecule has 1 aliphatic rings. The second kappa shape index (κ2) is 6.65. The van der Waals surface area contributed by atoms with Gasteiger partial charge in [0.25, 0.3) is 11.6 Å². The van der Waals surface area contributed by atoms with Crippen LogP contribution >= 0.6 is 11.8 Å². The van der Waals surface area contributed by atoms with Gasteiger partial charge in [0.1, 0.15) is 0 Å². The number of hydrogen-bond acceptors (Lipinski definition) is 4. The Morgan fingerprint density at radius 2 is 2.04 bits per heavy atom. The predicted octanol–water partition coefficient (Wildman–Crippen LogP) is 4.43. The summed E-state index contributed by atoms with van der Waals surface area (Å²) < 4.78 is 0. The first-order valence-electron chi connectivity index (χ1n) is 7.80. The molecule has 6 heteroatoms. The van der Waals surface area contributed by atoms with E-state index >= 15 is 0 Å². The number of carbonyl (C=O) groups excluding carboxylic acids is 1. The first kappa shape index (κ1) is 16.5. The van der Waals surface area contributed by atoms with E-state index < -0.39 is 4.92 Å². The molecule has 1 amide bonds. The summed E-state index contributed by atoms with van der Waals surface area (Å²) in [5, 5.41) is 11.4. The zero-order valence-electron chi connectivity index (χ0n) is 13.6. The van der Waals surface area contributed by atoms with Crippen molar-refractivity contribution in [2.45, 2.75) is 30.4 Å². The highest BCUT2D eigenvalue weighted by molar-refractivity contribution is 8.00. The summed E-state index contributed by atoms with van der Waals surface area (Å²) in [5.41, 5.74) is 1.92. The molecule has 0 aromatic heterocycles. The topological polar surface area (TPSA) is 63.5 Å². The van der Waals surface area contributed by atoms with Gasteiger partial charge in [-0.15, -0.1) is 11.8 Å². The van der Waals surface area contributed by atoms with Gasteiger partial charge in [0.05, 0.1) is 10.6 Å². The van der Waals surface area contributed by atoms with Crippen LogP contribution < -0.4 is 4.90 Å². The van der Waals surface area contributed by atoms with E-state index in [1.165, 1.54) is 12.1 Å². The van der Waals surface area contributed by atoms with Gasteiger partial charge in [-0.05, 0) is 37.6 Å². The number of hydrogen-bond donors (Lipinski definition) is 0. The minimum absolute atomic E-state index is 0.0343. The van der Waals surface area contributed by atoms with Crippen LogP contribution in [-0.4, -0.2) is 22.6 Å². The zero-order valence-corrected chi connectivity index (χ0v) is 14.4. The molecule has 2 aromatic carbocycles. The molecule has 0 fully saturated rings. The van der Waals surface area contributed by atoms with Crippen molar-refractivity contribution in [1.82, 2.24) is 0 Å². The van der Waals surface area contributed by atoms with Crippen LogP contribution in [0.5, 0.6) is 0 Å². The molecule has 1 heterocycles. The van der Waals surface area contributed by atoms with E-state index in [4.69, 9.17) is 0 Å². The van der Waals surface area contributed by atoms with Crippen molar-refractivity contribution in [3.63, 3.8) is 0 Å². The van der Waals surface area contributed by atoms with Crippen molar-refractivity contribution in [3.05, 3.63) is 63.7 Å². The van der Waals surface area contributed by atoms with E-state index in [0.717, 1.165) is 17.0 Å². The Morgan fingerprint density at radius 1 is 1.29 bits per heavy atom. The van der Waals surface area contributed by atoms with Crippen LogP contribution in [0.1, 0.15) is 29.3 Å². The fourth-order valence-electron chi connectivity index (χ4n) is 2.85. The lowest BCUT2D eigenvalue weighted by atomic mass is 10.1. The Balaban J connectivity index is 1.98. The number of nitrogens with zero attached hydrogens (tertiary/aromatic N) is 2. The standard InChI is InChI=1S/C18H18N2O3S/c1-12-11-14(7-8-15(12)20(22)23)18(21)19-10-9-13(2)24-17-6-4-3-5-16(17)19/h3-8,11,13H,9-10H2,1-2H3/t13-/m1/s1. The molecular formula is C18H18N2O3S. The van der Waals surface area contributed by atoms with Gasteiger partial charge in [0.15, 0.2) is 0 Å². The van der Waals surface area contributed by atoms with Crippen LogP contribution in [0, 0.1) is 17.0 Å². The Bertz CT molecular complexity index is 807. The van der Waals surface area contributed by atoms with Gasteiger partial charge in [0.2, 0.25) is 0 Å².